The first-order valence-corrected chi connectivity index (χ1v) is 6.49. The first-order valence-electron chi connectivity index (χ1n) is 6.49. The van der Waals surface area contributed by atoms with Crippen LogP contribution in [-0.4, -0.2) is 18.8 Å². The van der Waals surface area contributed by atoms with Crippen LogP contribution in [0.5, 0.6) is 0 Å². The molecule has 0 aromatic carbocycles. The van der Waals surface area contributed by atoms with Crippen molar-refractivity contribution in [2.75, 3.05) is 13.2 Å². The van der Waals surface area contributed by atoms with Crippen molar-refractivity contribution < 1.29 is 4.74 Å². The lowest BCUT2D eigenvalue weighted by atomic mass is 10.0. The molecule has 1 unspecified atom stereocenters. The Kier molecular flexibility index (Phi) is 9.12. The van der Waals surface area contributed by atoms with Crippen LogP contribution in [0.1, 0.15) is 65.7 Å². The molecule has 92 valence electrons. The van der Waals surface area contributed by atoms with Gasteiger partial charge in [-0.1, -0.05) is 46.0 Å². The van der Waals surface area contributed by atoms with Gasteiger partial charge in [0, 0.05) is 12.1 Å². The van der Waals surface area contributed by atoms with Crippen molar-refractivity contribution >= 4 is 0 Å². The van der Waals surface area contributed by atoms with Crippen molar-refractivity contribution in [2.24, 2.45) is 5.73 Å². The molecule has 0 radical (unpaired) electrons. The summed E-state index contributed by atoms with van der Waals surface area (Å²) in [5.74, 6) is 0. The minimum Gasteiger partial charge on any atom is -0.380 e. The highest BCUT2D eigenvalue weighted by molar-refractivity contribution is 4.75. The molecule has 0 amide bonds. The van der Waals surface area contributed by atoms with Gasteiger partial charge >= 0.3 is 0 Å². The fraction of sp³-hybridized carbons (Fsp3) is 1.00. The fourth-order valence-corrected chi connectivity index (χ4v) is 1.39. The number of ether oxygens (including phenoxy) is 1. The average Bonchev–Trinajstić information content (AvgIpc) is 2.22. The molecule has 0 aromatic rings. The molecule has 0 rings (SSSR count). The van der Waals surface area contributed by atoms with Gasteiger partial charge in [0.1, 0.15) is 0 Å². The summed E-state index contributed by atoms with van der Waals surface area (Å²) in [5.41, 5.74) is 5.83. The Morgan fingerprint density at radius 1 is 1.00 bits per heavy atom. The van der Waals surface area contributed by atoms with Gasteiger partial charge in [0.15, 0.2) is 0 Å². The third-order valence-electron chi connectivity index (χ3n) is 2.88. The summed E-state index contributed by atoms with van der Waals surface area (Å²) in [6.07, 6.45) is 8.88. The highest BCUT2D eigenvalue weighted by atomic mass is 16.5. The normalized spacial score (nSPS) is 15.2. The van der Waals surface area contributed by atoms with E-state index in [1.807, 2.05) is 6.92 Å². The predicted molar refractivity (Wildman–Crippen MR) is 67.1 cm³/mol. The molecule has 2 N–H and O–H groups in total. The fourth-order valence-electron chi connectivity index (χ4n) is 1.39. The van der Waals surface area contributed by atoms with Crippen LogP contribution in [0.3, 0.4) is 0 Å². The maximum atomic E-state index is 5.97. The molecule has 0 aliphatic rings. The first kappa shape index (κ1) is 14.9. The quantitative estimate of drug-likeness (QED) is 0.566. The molecule has 0 saturated heterocycles. The van der Waals surface area contributed by atoms with Gasteiger partial charge in [-0.3, -0.25) is 0 Å². The molecule has 0 saturated carbocycles. The molecule has 0 spiro atoms. The number of unbranched alkanes of at least 4 members (excludes halogenated alkanes) is 5. The minimum atomic E-state index is -0.137. The van der Waals surface area contributed by atoms with Gasteiger partial charge in [0.05, 0.1) is 6.61 Å². The van der Waals surface area contributed by atoms with Crippen LogP contribution in [0.15, 0.2) is 0 Å². The first-order chi connectivity index (χ1) is 7.12. The van der Waals surface area contributed by atoms with Gasteiger partial charge < -0.3 is 10.5 Å². The number of hydrogen-bond donors (Lipinski definition) is 1. The molecule has 0 fully saturated rings. The Morgan fingerprint density at radius 2 is 1.60 bits per heavy atom. The molecule has 2 heteroatoms. The Morgan fingerprint density at radius 3 is 2.20 bits per heavy atom. The standard InChI is InChI=1S/C13H29NO/c1-4-6-7-8-9-10-11-15-12-13(3,14)5-2/h4-12,14H2,1-3H3. The number of nitrogens with two attached hydrogens (primary N) is 1. The van der Waals surface area contributed by atoms with E-state index in [1.165, 1.54) is 38.5 Å². The van der Waals surface area contributed by atoms with Crippen molar-refractivity contribution in [2.45, 2.75) is 71.3 Å². The molecule has 0 aromatic heterocycles. The molecule has 0 aliphatic carbocycles. The third kappa shape index (κ3) is 10.2. The molecule has 0 aliphatic heterocycles. The summed E-state index contributed by atoms with van der Waals surface area (Å²) in [5, 5.41) is 0. The Hall–Kier alpha value is -0.0800. The molecular formula is C13H29NO. The molecule has 2 nitrogen and oxygen atoms in total. The lowest BCUT2D eigenvalue weighted by molar-refractivity contribution is 0.0865. The predicted octanol–water partition coefficient (Wildman–Crippen LogP) is 3.49. The van der Waals surface area contributed by atoms with E-state index in [9.17, 15) is 0 Å². The molecule has 0 heterocycles. The van der Waals surface area contributed by atoms with Gasteiger partial charge in [0.2, 0.25) is 0 Å². The van der Waals surface area contributed by atoms with Gasteiger partial charge in [-0.25, -0.2) is 0 Å². The topological polar surface area (TPSA) is 35.2 Å². The summed E-state index contributed by atoms with van der Waals surface area (Å²) in [4.78, 5) is 0. The zero-order chi connectivity index (χ0) is 11.6. The zero-order valence-electron chi connectivity index (χ0n) is 10.8. The summed E-state index contributed by atoms with van der Waals surface area (Å²) in [6.45, 7) is 7.97. The second-order valence-corrected chi connectivity index (χ2v) is 4.83. The van der Waals surface area contributed by atoms with Crippen LogP contribution in [-0.2, 0) is 4.74 Å². The van der Waals surface area contributed by atoms with Gasteiger partial charge in [-0.15, -0.1) is 0 Å². The van der Waals surface area contributed by atoms with Crippen LogP contribution in [0.2, 0.25) is 0 Å². The van der Waals surface area contributed by atoms with Crippen LogP contribution in [0.4, 0.5) is 0 Å². The Balaban J connectivity index is 3.11. The highest BCUT2D eigenvalue weighted by Crippen LogP contribution is 2.07. The maximum Gasteiger partial charge on any atom is 0.0643 e. The van der Waals surface area contributed by atoms with Gasteiger partial charge in [-0.2, -0.15) is 0 Å². The molecule has 0 bridgehead atoms. The van der Waals surface area contributed by atoms with E-state index >= 15 is 0 Å². The van der Waals surface area contributed by atoms with Gasteiger partial charge in [0.25, 0.3) is 0 Å². The van der Waals surface area contributed by atoms with E-state index in [0.717, 1.165) is 13.0 Å². The molecular weight excluding hydrogens is 186 g/mol. The van der Waals surface area contributed by atoms with Crippen LogP contribution < -0.4 is 5.73 Å². The Bertz CT molecular complexity index is 134. The SMILES string of the molecule is CCCCCCCCOCC(C)(N)CC. The molecule has 15 heavy (non-hydrogen) atoms. The summed E-state index contributed by atoms with van der Waals surface area (Å²) in [7, 11) is 0. The summed E-state index contributed by atoms with van der Waals surface area (Å²) in [6, 6.07) is 0. The van der Waals surface area contributed by atoms with Gasteiger partial charge in [-0.05, 0) is 19.8 Å². The largest absolute Gasteiger partial charge is 0.380 e. The van der Waals surface area contributed by atoms with E-state index in [2.05, 4.69) is 13.8 Å². The smallest absolute Gasteiger partial charge is 0.0643 e. The van der Waals surface area contributed by atoms with E-state index in [4.69, 9.17) is 10.5 Å². The maximum absolute atomic E-state index is 5.97. The minimum absolute atomic E-state index is 0.137. The second kappa shape index (κ2) is 9.17. The third-order valence-corrected chi connectivity index (χ3v) is 2.88. The van der Waals surface area contributed by atoms with E-state index in [1.54, 1.807) is 0 Å². The lowest BCUT2D eigenvalue weighted by Crippen LogP contribution is -2.40. The monoisotopic (exact) mass is 215 g/mol. The van der Waals surface area contributed by atoms with Crippen molar-refractivity contribution in [3.63, 3.8) is 0 Å². The zero-order valence-corrected chi connectivity index (χ0v) is 10.8. The number of hydrogen-bond acceptors (Lipinski definition) is 2. The van der Waals surface area contributed by atoms with Crippen LogP contribution in [0, 0.1) is 0 Å². The second-order valence-electron chi connectivity index (χ2n) is 4.83. The average molecular weight is 215 g/mol. The van der Waals surface area contributed by atoms with Crippen molar-refractivity contribution in [3.8, 4) is 0 Å². The highest BCUT2D eigenvalue weighted by Gasteiger charge is 2.14. The van der Waals surface area contributed by atoms with E-state index in [0.29, 0.717) is 6.61 Å². The van der Waals surface area contributed by atoms with Crippen LogP contribution >= 0.6 is 0 Å². The van der Waals surface area contributed by atoms with Crippen molar-refractivity contribution in [1.29, 1.82) is 0 Å². The molecule has 1 atom stereocenters. The van der Waals surface area contributed by atoms with Crippen LogP contribution in [0.25, 0.3) is 0 Å². The Labute approximate surface area is 95.6 Å². The van der Waals surface area contributed by atoms with Crippen molar-refractivity contribution in [1.82, 2.24) is 0 Å². The summed E-state index contributed by atoms with van der Waals surface area (Å²) >= 11 is 0. The van der Waals surface area contributed by atoms with Crippen molar-refractivity contribution in [3.05, 3.63) is 0 Å². The number of rotatable bonds is 10. The lowest BCUT2D eigenvalue weighted by Gasteiger charge is -2.22. The van der Waals surface area contributed by atoms with E-state index < -0.39 is 0 Å². The van der Waals surface area contributed by atoms with E-state index in [-0.39, 0.29) is 5.54 Å². The summed E-state index contributed by atoms with van der Waals surface area (Å²) < 4.78 is 5.57.